The van der Waals surface area contributed by atoms with Gasteiger partial charge in [0.1, 0.15) is 29.0 Å². The van der Waals surface area contributed by atoms with Crippen molar-refractivity contribution in [3.8, 4) is 17.2 Å². The van der Waals surface area contributed by atoms with Gasteiger partial charge >= 0.3 is 0 Å². The van der Waals surface area contributed by atoms with Gasteiger partial charge in [0.15, 0.2) is 5.82 Å². The second-order valence-electron chi connectivity index (χ2n) is 4.09. The molecule has 2 aromatic rings. The monoisotopic (exact) mass is 294 g/mol. The molecule has 0 atom stereocenters. The number of benzene rings is 1. The molecule has 1 heterocycles. The van der Waals surface area contributed by atoms with E-state index in [1.165, 1.54) is 0 Å². The molecule has 1 aromatic heterocycles. The lowest BCUT2D eigenvalue weighted by molar-refractivity contribution is 0.290. The Hall–Kier alpha value is -2.01. The van der Waals surface area contributed by atoms with Crippen molar-refractivity contribution >= 4 is 11.6 Å². The van der Waals surface area contributed by atoms with E-state index < -0.39 is 0 Å². The molecule has 6 heteroatoms. The summed E-state index contributed by atoms with van der Waals surface area (Å²) in [5.41, 5.74) is 0.798. The molecule has 2 rings (SSSR count). The van der Waals surface area contributed by atoms with Gasteiger partial charge in [-0.3, -0.25) is 0 Å². The summed E-state index contributed by atoms with van der Waals surface area (Å²) in [6, 6.07) is 6.99. The molecule has 0 aliphatic rings. The van der Waals surface area contributed by atoms with Gasteiger partial charge in [-0.1, -0.05) is 11.6 Å². The van der Waals surface area contributed by atoms with Crippen LogP contribution in [0, 0.1) is 6.92 Å². The maximum atomic E-state index is 5.88. The second kappa shape index (κ2) is 6.43. The fourth-order valence-corrected chi connectivity index (χ4v) is 1.92. The van der Waals surface area contributed by atoms with Crippen LogP contribution in [0.15, 0.2) is 24.3 Å². The molecule has 0 unspecified atom stereocenters. The number of aryl methyl sites for hydroxylation is 1. The second-order valence-corrected chi connectivity index (χ2v) is 4.47. The van der Waals surface area contributed by atoms with Crippen LogP contribution in [0.2, 0.25) is 5.15 Å². The predicted octanol–water partition coefficient (Wildman–Crippen LogP) is 3.03. The van der Waals surface area contributed by atoms with Crippen LogP contribution >= 0.6 is 11.6 Å². The Bertz CT molecular complexity index is 562. The first kappa shape index (κ1) is 14.4. The fourth-order valence-electron chi connectivity index (χ4n) is 1.67. The zero-order valence-electron chi connectivity index (χ0n) is 11.5. The highest BCUT2D eigenvalue weighted by Crippen LogP contribution is 2.27. The van der Waals surface area contributed by atoms with Crippen molar-refractivity contribution in [3.63, 3.8) is 0 Å². The van der Waals surface area contributed by atoms with Gasteiger partial charge in [-0.25, -0.2) is 9.97 Å². The molecule has 0 N–H and O–H groups in total. The summed E-state index contributed by atoms with van der Waals surface area (Å²) >= 11 is 5.88. The lowest BCUT2D eigenvalue weighted by atomic mass is 10.3. The minimum atomic E-state index is 0.220. The summed E-state index contributed by atoms with van der Waals surface area (Å²) < 4.78 is 16.0. The van der Waals surface area contributed by atoms with E-state index in [9.17, 15) is 0 Å². The Morgan fingerprint density at radius 2 is 1.55 bits per heavy atom. The first-order chi connectivity index (χ1) is 9.60. The third kappa shape index (κ3) is 3.74. The van der Waals surface area contributed by atoms with Gasteiger partial charge in [0.2, 0.25) is 0 Å². The quantitative estimate of drug-likeness (QED) is 0.793. The summed E-state index contributed by atoms with van der Waals surface area (Å²) in [7, 11) is 3.17. The smallest absolute Gasteiger partial charge is 0.167 e. The molecule has 0 saturated heterocycles. The average molecular weight is 295 g/mol. The molecule has 0 aliphatic heterocycles. The largest absolute Gasteiger partial charge is 0.496 e. The van der Waals surface area contributed by atoms with Gasteiger partial charge in [0.25, 0.3) is 0 Å². The molecule has 1 aromatic carbocycles. The topological polar surface area (TPSA) is 53.5 Å². The summed E-state index contributed by atoms with van der Waals surface area (Å²) in [6.07, 6.45) is 0. The molecular formula is C14H15ClN2O3. The average Bonchev–Trinajstić information content (AvgIpc) is 2.43. The van der Waals surface area contributed by atoms with Crippen molar-refractivity contribution in [1.29, 1.82) is 0 Å². The number of aromatic nitrogens is 2. The van der Waals surface area contributed by atoms with Crippen LogP contribution in [-0.2, 0) is 6.61 Å². The minimum Gasteiger partial charge on any atom is -0.496 e. The molecule has 106 valence electrons. The standard InChI is InChI=1S/C14H15ClN2O3/c1-9-4-13(15)17-14(16-9)8-20-12-6-10(18-2)5-11(7-12)19-3/h4-7H,8H2,1-3H3. The first-order valence-corrected chi connectivity index (χ1v) is 6.34. The zero-order chi connectivity index (χ0) is 14.5. The van der Waals surface area contributed by atoms with E-state index >= 15 is 0 Å². The van der Waals surface area contributed by atoms with Crippen LogP contribution in [0.3, 0.4) is 0 Å². The Morgan fingerprint density at radius 3 is 2.10 bits per heavy atom. The van der Waals surface area contributed by atoms with Gasteiger partial charge in [-0.2, -0.15) is 0 Å². The normalized spacial score (nSPS) is 10.2. The number of rotatable bonds is 5. The number of methoxy groups -OCH3 is 2. The maximum absolute atomic E-state index is 5.88. The Morgan fingerprint density at radius 1 is 0.950 bits per heavy atom. The van der Waals surface area contributed by atoms with Crippen molar-refractivity contribution in [3.05, 3.63) is 40.9 Å². The van der Waals surface area contributed by atoms with E-state index in [4.69, 9.17) is 25.8 Å². The van der Waals surface area contributed by atoms with Crippen molar-refractivity contribution in [2.75, 3.05) is 14.2 Å². The highest BCUT2D eigenvalue weighted by atomic mass is 35.5. The van der Waals surface area contributed by atoms with Gasteiger partial charge < -0.3 is 14.2 Å². The van der Waals surface area contributed by atoms with Crippen molar-refractivity contribution in [1.82, 2.24) is 9.97 Å². The minimum absolute atomic E-state index is 0.220. The lowest BCUT2D eigenvalue weighted by Crippen LogP contribution is -2.03. The predicted molar refractivity (Wildman–Crippen MR) is 75.7 cm³/mol. The molecule has 0 aliphatic carbocycles. The lowest BCUT2D eigenvalue weighted by Gasteiger charge is -2.10. The fraction of sp³-hybridized carbons (Fsp3) is 0.286. The van der Waals surface area contributed by atoms with Gasteiger partial charge in [-0.05, 0) is 13.0 Å². The number of nitrogens with zero attached hydrogens (tertiary/aromatic N) is 2. The summed E-state index contributed by atoms with van der Waals surface area (Å²) in [6.45, 7) is 2.07. The van der Waals surface area contributed by atoms with E-state index in [0.717, 1.165) is 5.69 Å². The van der Waals surface area contributed by atoms with Crippen LogP contribution in [0.4, 0.5) is 0 Å². The summed E-state index contributed by atoms with van der Waals surface area (Å²) in [4.78, 5) is 8.35. The number of halogens is 1. The Balaban J connectivity index is 2.13. The first-order valence-electron chi connectivity index (χ1n) is 5.96. The van der Waals surface area contributed by atoms with E-state index in [1.807, 2.05) is 6.92 Å². The number of hydrogen-bond donors (Lipinski definition) is 0. The third-order valence-corrected chi connectivity index (χ3v) is 2.76. The molecule has 5 nitrogen and oxygen atoms in total. The van der Waals surface area contributed by atoms with Gasteiger partial charge in [0.05, 0.1) is 14.2 Å². The van der Waals surface area contributed by atoms with E-state index in [1.54, 1.807) is 38.5 Å². The SMILES string of the molecule is COc1cc(OC)cc(OCc2nc(C)cc(Cl)n2)c1. The highest BCUT2D eigenvalue weighted by molar-refractivity contribution is 6.29. The van der Waals surface area contributed by atoms with Crippen LogP contribution < -0.4 is 14.2 Å². The molecule has 0 saturated carbocycles. The number of hydrogen-bond acceptors (Lipinski definition) is 5. The Kier molecular flexibility index (Phi) is 4.63. The zero-order valence-corrected chi connectivity index (χ0v) is 12.3. The van der Waals surface area contributed by atoms with Crippen LogP contribution in [0.5, 0.6) is 17.2 Å². The van der Waals surface area contributed by atoms with E-state index in [2.05, 4.69) is 9.97 Å². The van der Waals surface area contributed by atoms with Crippen molar-refractivity contribution in [2.45, 2.75) is 13.5 Å². The molecular weight excluding hydrogens is 280 g/mol. The molecule has 0 amide bonds. The molecule has 0 spiro atoms. The van der Waals surface area contributed by atoms with Crippen molar-refractivity contribution < 1.29 is 14.2 Å². The van der Waals surface area contributed by atoms with E-state index in [0.29, 0.717) is 28.2 Å². The molecule has 0 radical (unpaired) electrons. The van der Waals surface area contributed by atoms with E-state index in [-0.39, 0.29) is 6.61 Å². The summed E-state index contributed by atoms with van der Waals surface area (Å²) in [5.74, 6) is 2.45. The summed E-state index contributed by atoms with van der Waals surface area (Å²) in [5, 5.41) is 0.402. The molecule has 20 heavy (non-hydrogen) atoms. The number of ether oxygens (including phenoxy) is 3. The maximum Gasteiger partial charge on any atom is 0.167 e. The van der Waals surface area contributed by atoms with Gasteiger partial charge in [0, 0.05) is 23.9 Å². The van der Waals surface area contributed by atoms with Crippen molar-refractivity contribution in [2.24, 2.45) is 0 Å². The third-order valence-electron chi connectivity index (χ3n) is 2.56. The van der Waals surface area contributed by atoms with Crippen LogP contribution in [0.1, 0.15) is 11.5 Å². The van der Waals surface area contributed by atoms with Crippen LogP contribution in [0.25, 0.3) is 0 Å². The Labute approximate surface area is 122 Å². The van der Waals surface area contributed by atoms with Gasteiger partial charge in [-0.15, -0.1) is 0 Å². The molecule has 0 bridgehead atoms. The van der Waals surface area contributed by atoms with Crippen LogP contribution in [-0.4, -0.2) is 24.2 Å². The highest BCUT2D eigenvalue weighted by Gasteiger charge is 2.05. The molecule has 0 fully saturated rings.